The Morgan fingerprint density at radius 3 is 2.30 bits per heavy atom. The minimum Gasteiger partial charge on any atom is -0.479 e. The lowest BCUT2D eigenvalue weighted by molar-refractivity contribution is -0.117. The first-order valence-corrected chi connectivity index (χ1v) is 8.54. The summed E-state index contributed by atoms with van der Waals surface area (Å²) >= 11 is 6.24. The molecule has 0 bridgehead atoms. The molecule has 0 aliphatic carbocycles. The molecule has 1 heterocycles. The fourth-order valence-electron chi connectivity index (χ4n) is 2.30. The van der Waals surface area contributed by atoms with Crippen molar-refractivity contribution in [1.29, 1.82) is 0 Å². The minimum atomic E-state index is -0.551. The number of nitrogens with zero attached hydrogens (tertiary/aromatic N) is 1. The van der Waals surface area contributed by atoms with E-state index in [4.69, 9.17) is 17.0 Å². The lowest BCUT2D eigenvalue weighted by atomic mass is 10.1. The Hall–Kier alpha value is -1.73. The van der Waals surface area contributed by atoms with E-state index < -0.39 is 5.37 Å². The van der Waals surface area contributed by atoms with Gasteiger partial charge in [0, 0.05) is 6.42 Å². The Morgan fingerprint density at radius 2 is 1.83 bits per heavy atom. The Bertz CT molecular complexity index is 624. The second-order valence-corrected chi connectivity index (χ2v) is 6.80. The Balaban J connectivity index is 2.24. The highest BCUT2D eigenvalue weighted by Crippen LogP contribution is 2.31. The molecule has 2 amide bonds. The summed E-state index contributed by atoms with van der Waals surface area (Å²) in [6.07, 6.45) is 0.610. The molecule has 1 unspecified atom stereocenters. The average Bonchev–Trinajstić information content (AvgIpc) is 2.76. The number of thioether (sulfide) groups is 1. The minimum absolute atomic E-state index is 0.00506. The van der Waals surface area contributed by atoms with Gasteiger partial charge in [-0.2, -0.15) is 0 Å². The molecule has 1 aromatic rings. The maximum absolute atomic E-state index is 12.6. The van der Waals surface area contributed by atoms with Crippen LogP contribution in [0.1, 0.15) is 47.4 Å². The van der Waals surface area contributed by atoms with Crippen LogP contribution in [0.3, 0.4) is 0 Å². The lowest BCUT2D eigenvalue weighted by Crippen LogP contribution is -2.39. The van der Waals surface area contributed by atoms with Crippen molar-refractivity contribution in [3.05, 3.63) is 35.4 Å². The van der Waals surface area contributed by atoms with Crippen LogP contribution >= 0.6 is 24.0 Å². The van der Waals surface area contributed by atoms with Crippen LogP contribution in [0, 0.1) is 0 Å². The van der Waals surface area contributed by atoms with Gasteiger partial charge in [-0.05, 0) is 44.6 Å². The van der Waals surface area contributed by atoms with E-state index in [1.807, 2.05) is 0 Å². The Morgan fingerprint density at radius 1 is 1.26 bits per heavy atom. The number of thiocarbonyl (C=S) groups is 1. The number of benzene rings is 1. The van der Waals surface area contributed by atoms with Crippen molar-refractivity contribution >= 4 is 46.0 Å². The van der Waals surface area contributed by atoms with E-state index in [2.05, 4.69) is 0 Å². The first-order valence-electron chi connectivity index (χ1n) is 7.25. The number of hydrogen-bond donors (Lipinski definition) is 0. The monoisotopic (exact) mass is 351 g/mol. The number of ether oxygens (including phenoxy) is 1. The van der Waals surface area contributed by atoms with Gasteiger partial charge in [-0.15, -0.1) is 0 Å². The highest BCUT2D eigenvalue weighted by Gasteiger charge is 2.40. The number of amides is 2. The number of ketones is 1. The van der Waals surface area contributed by atoms with E-state index >= 15 is 0 Å². The van der Waals surface area contributed by atoms with E-state index in [1.165, 1.54) is 11.8 Å². The maximum atomic E-state index is 12.6. The molecule has 0 aromatic heterocycles. The molecular weight excluding hydrogens is 334 g/mol. The third-order valence-corrected chi connectivity index (χ3v) is 4.79. The van der Waals surface area contributed by atoms with E-state index in [-0.39, 0.29) is 28.4 Å². The standard InChI is InChI=1S/C16H17NO4S2/c1-3-21-16(22)23-13(9-8-10(2)18)17-14(19)11-6-4-5-7-12(11)15(17)20/h4-7,13H,3,8-9H2,1-2H3. The van der Waals surface area contributed by atoms with Crippen molar-refractivity contribution in [3.63, 3.8) is 0 Å². The number of hydrogen-bond acceptors (Lipinski definition) is 6. The summed E-state index contributed by atoms with van der Waals surface area (Å²) < 4.78 is 5.51. The van der Waals surface area contributed by atoms with Gasteiger partial charge in [0.2, 0.25) is 4.38 Å². The molecule has 1 aromatic carbocycles. The van der Waals surface area contributed by atoms with Crippen molar-refractivity contribution in [2.24, 2.45) is 0 Å². The van der Waals surface area contributed by atoms with Crippen LogP contribution in [0.5, 0.6) is 0 Å². The van der Waals surface area contributed by atoms with Crippen molar-refractivity contribution < 1.29 is 19.1 Å². The summed E-state index contributed by atoms with van der Waals surface area (Å²) in [4.78, 5) is 37.6. The van der Waals surface area contributed by atoms with Gasteiger partial charge < -0.3 is 9.53 Å². The third kappa shape index (κ3) is 3.97. The van der Waals surface area contributed by atoms with Crippen molar-refractivity contribution in [3.8, 4) is 0 Å². The van der Waals surface area contributed by atoms with Gasteiger partial charge in [0.15, 0.2) is 0 Å². The molecule has 0 radical (unpaired) electrons. The molecule has 0 fully saturated rings. The Labute approximate surface area is 144 Å². The highest BCUT2D eigenvalue weighted by molar-refractivity contribution is 8.23. The second-order valence-electron chi connectivity index (χ2n) is 5.02. The molecule has 1 atom stereocenters. The quantitative estimate of drug-likeness (QED) is 0.580. The molecule has 122 valence electrons. The summed E-state index contributed by atoms with van der Waals surface area (Å²) in [5, 5.41) is -0.551. The Kier molecular flexibility index (Phi) is 5.90. The van der Waals surface area contributed by atoms with Crippen LogP contribution in [0.25, 0.3) is 0 Å². The van der Waals surface area contributed by atoms with Gasteiger partial charge in [-0.25, -0.2) is 0 Å². The number of carbonyl (C=O) groups is 3. The van der Waals surface area contributed by atoms with Crippen molar-refractivity contribution in [2.45, 2.75) is 32.1 Å². The van der Waals surface area contributed by atoms with Crippen LogP contribution in [-0.4, -0.2) is 38.9 Å². The molecule has 0 saturated heterocycles. The second kappa shape index (κ2) is 7.70. The van der Waals surface area contributed by atoms with Gasteiger partial charge in [-0.3, -0.25) is 14.5 Å². The van der Waals surface area contributed by atoms with Gasteiger partial charge in [0.05, 0.1) is 23.1 Å². The molecule has 0 spiro atoms. The lowest BCUT2D eigenvalue weighted by Gasteiger charge is -2.25. The van der Waals surface area contributed by atoms with E-state index in [0.717, 1.165) is 11.8 Å². The number of carbonyl (C=O) groups excluding carboxylic acids is 3. The van der Waals surface area contributed by atoms with Gasteiger partial charge in [-0.1, -0.05) is 23.9 Å². The fourth-order valence-corrected chi connectivity index (χ4v) is 3.69. The summed E-state index contributed by atoms with van der Waals surface area (Å²) in [7, 11) is 0. The smallest absolute Gasteiger partial charge is 0.262 e. The molecule has 1 aliphatic heterocycles. The van der Waals surface area contributed by atoms with E-state index in [0.29, 0.717) is 24.2 Å². The summed E-state index contributed by atoms with van der Waals surface area (Å²) in [6, 6.07) is 6.69. The van der Waals surface area contributed by atoms with Gasteiger partial charge in [0.25, 0.3) is 11.8 Å². The molecule has 23 heavy (non-hydrogen) atoms. The SMILES string of the molecule is CCOC(=S)SC(CCC(C)=O)N1C(=O)c2ccccc2C1=O. The molecule has 0 N–H and O–H groups in total. The van der Waals surface area contributed by atoms with Gasteiger partial charge in [0.1, 0.15) is 5.78 Å². The summed E-state index contributed by atoms with van der Waals surface area (Å²) in [5.74, 6) is -0.716. The predicted molar refractivity (Wildman–Crippen MR) is 92.5 cm³/mol. The predicted octanol–water partition coefficient (Wildman–Crippen LogP) is 3.03. The molecule has 0 saturated carbocycles. The molecule has 5 nitrogen and oxygen atoms in total. The van der Waals surface area contributed by atoms with Crippen LogP contribution in [0.2, 0.25) is 0 Å². The zero-order valence-corrected chi connectivity index (χ0v) is 14.5. The topological polar surface area (TPSA) is 63.7 Å². The fraction of sp³-hybridized carbons (Fsp3) is 0.375. The van der Waals surface area contributed by atoms with E-state index in [1.54, 1.807) is 31.2 Å². The summed E-state index contributed by atoms with van der Waals surface area (Å²) in [6.45, 7) is 3.69. The maximum Gasteiger partial charge on any atom is 0.262 e. The molecule has 1 aliphatic rings. The zero-order valence-electron chi connectivity index (χ0n) is 12.9. The van der Waals surface area contributed by atoms with E-state index in [9.17, 15) is 14.4 Å². The van der Waals surface area contributed by atoms with Crippen LogP contribution in [-0.2, 0) is 9.53 Å². The highest BCUT2D eigenvalue weighted by atomic mass is 32.2. The number of rotatable bonds is 6. The normalized spacial score (nSPS) is 14.6. The third-order valence-electron chi connectivity index (χ3n) is 3.35. The summed E-state index contributed by atoms with van der Waals surface area (Å²) in [5.41, 5.74) is 0.765. The number of imide groups is 1. The number of fused-ring (bicyclic) bond motifs is 1. The molecule has 7 heteroatoms. The molecule has 2 rings (SSSR count). The zero-order chi connectivity index (χ0) is 17.0. The largest absolute Gasteiger partial charge is 0.479 e. The van der Waals surface area contributed by atoms with Crippen molar-refractivity contribution in [1.82, 2.24) is 4.90 Å². The number of Topliss-reactive ketones (excluding diaryl/α,β-unsaturated/α-hetero) is 1. The van der Waals surface area contributed by atoms with Gasteiger partial charge >= 0.3 is 0 Å². The molecular formula is C16H17NO4S2. The first kappa shape index (κ1) is 17.6. The van der Waals surface area contributed by atoms with Crippen molar-refractivity contribution in [2.75, 3.05) is 6.61 Å². The van der Waals surface area contributed by atoms with Crippen LogP contribution in [0.4, 0.5) is 0 Å². The van der Waals surface area contributed by atoms with Crippen LogP contribution < -0.4 is 0 Å². The average molecular weight is 351 g/mol. The first-order chi connectivity index (χ1) is 11.0. The van der Waals surface area contributed by atoms with Crippen LogP contribution in [0.15, 0.2) is 24.3 Å².